The molecule has 0 radical (unpaired) electrons. The van der Waals surface area contributed by atoms with Gasteiger partial charge in [-0.1, -0.05) is 30.3 Å². The molecule has 0 heterocycles. The first-order chi connectivity index (χ1) is 9.54. The maximum atomic E-state index is 5.94. The lowest BCUT2D eigenvalue weighted by atomic mass is 10.1. The summed E-state index contributed by atoms with van der Waals surface area (Å²) in [5.74, 6) is 0.443. The Hall–Kier alpha value is -2.29. The molecule has 0 amide bonds. The van der Waals surface area contributed by atoms with Crippen LogP contribution in [0, 0.1) is 20.8 Å². The summed E-state index contributed by atoms with van der Waals surface area (Å²) in [4.78, 5) is 4.39. The van der Waals surface area contributed by atoms with Gasteiger partial charge in [0.25, 0.3) is 0 Å². The molecular formula is C17H21N3. The van der Waals surface area contributed by atoms with E-state index >= 15 is 0 Å². The molecule has 2 aromatic rings. The molecule has 20 heavy (non-hydrogen) atoms. The van der Waals surface area contributed by atoms with Gasteiger partial charge in [0.05, 0.1) is 6.54 Å². The zero-order valence-electron chi connectivity index (χ0n) is 12.3. The molecule has 0 aliphatic rings. The second-order valence-corrected chi connectivity index (χ2v) is 5.13. The Labute approximate surface area is 120 Å². The number of aliphatic imine (C=N–C) groups is 1. The summed E-state index contributed by atoms with van der Waals surface area (Å²) >= 11 is 0. The number of hydrogen-bond donors (Lipinski definition) is 2. The second-order valence-electron chi connectivity index (χ2n) is 5.13. The minimum atomic E-state index is 0.443. The quantitative estimate of drug-likeness (QED) is 0.660. The van der Waals surface area contributed by atoms with Crippen molar-refractivity contribution in [3.63, 3.8) is 0 Å². The Kier molecular flexibility index (Phi) is 4.41. The minimum Gasteiger partial charge on any atom is -0.370 e. The summed E-state index contributed by atoms with van der Waals surface area (Å²) in [6, 6.07) is 14.4. The zero-order valence-corrected chi connectivity index (χ0v) is 12.3. The average Bonchev–Trinajstić information content (AvgIpc) is 2.36. The molecular weight excluding hydrogens is 246 g/mol. The lowest BCUT2D eigenvalue weighted by Gasteiger charge is -2.08. The van der Waals surface area contributed by atoms with Crippen molar-refractivity contribution in [2.24, 2.45) is 10.7 Å². The van der Waals surface area contributed by atoms with Crippen molar-refractivity contribution in [2.45, 2.75) is 27.3 Å². The highest BCUT2D eigenvalue weighted by molar-refractivity contribution is 5.92. The summed E-state index contributed by atoms with van der Waals surface area (Å²) < 4.78 is 0. The summed E-state index contributed by atoms with van der Waals surface area (Å²) in [6.45, 7) is 6.81. The van der Waals surface area contributed by atoms with Crippen LogP contribution in [0.15, 0.2) is 47.5 Å². The standard InChI is InChI=1S/C17H21N3/c1-12-8-13(2)10-16(9-12)20-17(18)19-11-15-7-5-4-6-14(15)3/h4-10H,11H2,1-3H3,(H3,18,19,20). The van der Waals surface area contributed by atoms with Crippen molar-refractivity contribution in [1.29, 1.82) is 0 Å². The number of anilines is 1. The van der Waals surface area contributed by atoms with Crippen LogP contribution in [0.5, 0.6) is 0 Å². The number of nitrogens with zero attached hydrogens (tertiary/aromatic N) is 1. The molecule has 0 bridgehead atoms. The fourth-order valence-electron chi connectivity index (χ4n) is 2.19. The van der Waals surface area contributed by atoms with Crippen molar-refractivity contribution in [2.75, 3.05) is 5.32 Å². The molecule has 0 aromatic heterocycles. The van der Waals surface area contributed by atoms with Crippen LogP contribution in [-0.4, -0.2) is 5.96 Å². The molecule has 3 heteroatoms. The van der Waals surface area contributed by atoms with Gasteiger partial charge >= 0.3 is 0 Å². The van der Waals surface area contributed by atoms with Gasteiger partial charge in [0.15, 0.2) is 5.96 Å². The van der Waals surface area contributed by atoms with Crippen molar-refractivity contribution < 1.29 is 0 Å². The molecule has 104 valence electrons. The smallest absolute Gasteiger partial charge is 0.193 e. The van der Waals surface area contributed by atoms with Gasteiger partial charge in [-0.15, -0.1) is 0 Å². The van der Waals surface area contributed by atoms with Crippen LogP contribution in [0.4, 0.5) is 5.69 Å². The molecule has 3 N–H and O–H groups in total. The van der Waals surface area contributed by atoms with E-state index in [9.17, 15) is 0 Å². The van der Waals surface area contributed by atoms with E-state index in [0.717, 1.165) is 5.69 Å². The Balaban J connectivity index is 2.06. The molecule has 0 unspecified atom stereocenters. The highest BCUT2D eigenvalue weighted by Crippen LogP contribution is 2.13. The highest BCUT2D eigenvalue weighted by atomic mass is 15.1. The van der Waals surface area contributed by atoms with Gasteiger partial charge in [0.2, 0.25) is 0 Å². The molecule has 2 rings (SSSR count). The van der Waals surface area contributed by atoms with Crippen molar-refractivity contribution in [1.82, 2.24) is 0 Å². The van der Waals surface area contributed by atoms with E-state index < -0.39 is 0 Å². The van der Waals surface area contributed by atoms with Crippen LogP contribution in [0.3, 0.4) is 0 Å². The normalized spacial score (nSPS) is 11.4. The number of rotatable bonds is 3. The monoisotopic (exact) mass is 267 g/mol. The van der Waals surface area contributed by atoms with E-state index in [1.54, 1.807) is 0 Å². The van der Waals surface area contributed by atoms with E-state index in [4.69, 9.17) is 5.73 Å². The fourth-order valence-corrected chi connectivity index (χ4v) is 2.19. The molecule has 0 aliphatic carbocycles. The number of nitrogens with one attached hydrogen (secondary N) is 1. The first kappa shape index (κ1) is 14.1. The largest absolute Gasteiger partial charge is 0.370 e. The van der Waals surface area contributed by atoms with E-state index in [1.165, 1.54) is 22.3 Å². The Morgan fingerprint density at radius 1 is 1.05 bits per heavy atom. The molecule has 0 saturated heterocycles. The number of benzene rings is 2. The zero-order chi connectivity index (χ0) is 14.5. The van der Waals surface area contributed by atoms with Crippen molar-refractivity contribution in [3.05, 3.63) is 64.7 Å². The SMILES string of the molecule is Cc1cc(C)cc(NC(N)=NCc2ccccc2C)c1. The molecule has 3 nitrogen and oxygen atoms in total. The van der Waals surface area contributed by atoms with Gasteiger partial charge in [0.1, 0.15) is 0 Å². The highest BCUT2D eigenvalue weighted by Gasteiger charge is 1.99. The molecule has 0 saturated carbocycles. The van der Waals surface area contributed by atoms with Crippen molar-refractivity contribution in [3.8, 4) is 0 Å². The molecule has 2 aromatic carbocycles. The molecule has 0 aliphatic heterocycles. The topological polar surface area (TPSA) is 50.4 Å². The third kappa shape index (κ3) is 3.85. The third-order valence-corrected chi connectivity index (χ3v) is 3.18. The predicted octanol–water partition coefficient (Wildman–Crippen LogP) is 3.54. The van der Waals surface area contributed by atoms with Gasteiger partial charge in [-0.05, 0) is 55.2 Å². The van der Waals surface area contributed by atoms with E-state index in [-0.39, 0.29) is 0 Å². The minimum absolute atomic E-state index is 0.443. The van der Waals surface area contributed by atoms with Crippen LogP contribution in [0.1, 0.15) is 22.3 Å². The number of hydrogen-bond acceptors (Lipinski definition) is 1. The van der Waals surface area contributed by atoms with E-state index in [1.807, 2.05) is 12.1 Å². The van der Waals surface area contributed by atoms with E-state index in [0.29, 0.717) is 12.5 Å². The van der Waals surface area contributed by atoms with Gasteiger partial charge < -0.3 is 11.1 Å². The maximum Gasteiger partial charge on any atom is 0.193 e. The second kappa shape index (κ2) is 6.24. The Bertz CT molecular complexity index is 610. The van der Waals surface area contributed by atoms with E-state index in [2.05, 4.69) is 61.4 Å². The Morgan fingerprint density at radius 2 is 1.70 bits per heavy atom. The van der Waals surface area contributed by atoms with Crippen molar-refractivity contribution >= 4 is 11.6 Å². The summed E-state index contributed by atoms with van der Waals surface area (Å²) in [5.41, 5.74) is 11.8. The lowest BCUT2D eigenvalue weighted by molar-refractivity contribution is 1.04. The van der Waals surface area contributed by atoms with Gasteiger partial charge in [-0.2, -0.15) is 0 Å². The fraction of sp³-hybridized carbons (Fsp3) is 0.235. The molecule has 0 spiro atoms. The number of aryl methyl sites for hydroxylation is 3. The third-order valence-electron chi connectivity index (χ3n) is 3.18. The van der Waals surface area contributed by atoms with Gasteiger partial charge in [-0.3, -0.25) is 0 Å². The molecule has 0 fully saturated rings. The number of guanidine groups is 1. The summed E-state index contributed by atoms with van der Waals surface area (Å²) in [5, 5.41) is 3.14. The average molecular weight is 267 g/mol. The summed E-state index contributed by atoms with van der Waals surface area (Å²) in [6.07, 6.45) is 0. The van der Waals surface area contributed by atoms with Crippen LogP contribution in [0.2, 0.25) is 0 Å². The Morgan fingerprint density at radius 3 is 2.35 bits per heavy atom. The lowest BCUT2D eigenvalue weighted by Crippen LogP contribution is -2.22. The predicted molar refractivity (Wildman–Crippen MR) is 86.0 cm³/mol. The first-order valence-corrected chi connectivity index (χ1v) is 6.74. The van der Waals surface area contributed by atoms with Crippen LogP contribution in [-0.2, 0) is 6.54 Å². The molecule has 0 atom stereocenters. The first-order valence-electron chi connectivity index (χ1n) is 6.74. The van der Waals surface area contributed by atoms with Crippen LogP contribution in [0.25, 0.3) is 0 Å². The summed E-state index contributed by atoms with van der Waals surface area (Å²) in [7, 11) is 0. The van der Waals surface area contributed by atoms with Crippen LogP contribution >= 0.6 is 0 Å². The van der Waals surface area contributed by atoms with Gasteiger partial charge in [0, 0.05) is 5.69 Å². The number of nitrogens with two attached hydrogens (primary N) is 1. The van der Waals surface area contributed by atoms with Gasteiger partial charge in [-0.25, -0.2) is 4.99 Å². The maximum absolute atomic E-state index is 5.94. The van der Waals surface area contributed by atoms with Crippen LogP contribution < -0.4 is 11.1 Å².